The number of nitrogens with two attached hydrogens (primary N) is 2. The number of rotatable bonds is 28. The van der Waals surface area contributed by atoms with Gasteiger partial charge in [0.1, 0.15) is 23.4 Å². The maximum atomic E-state index is 14.0. The van der Waals surface area contributed by atoms with Gasteiger partial charge < -0.3 is 51.3 Å². The summed E-state index contributed by atoms with van der Waals surface area (Å²) < 4.78 is 24.5. The number of nitrogens with one attached hydrogen (secondary N) is 3. The molecule has 7 N–H and O–H groups in total. The highest BCUT2D eigenvalue weighted by atomic mass is 32.1. The second kappa shape index (κ2) is 28.2. The summed E-state index contributed by atoms with van der Waals surface area (Å²) in [6, 6.07) is 30.8. The predicted octanol–water partition coefficient (Wildman–Crippen LogP) is 7.85. The van der Waals surface area contributed by atoms with Gasteiger partial charge in [0, 0.05) is 55.5 Å². The van der Waals surface area contributed by atoms with Crippen LogP contribution in [0.2, 0.25) is 0 Å². The number of carbonyl (C=O) groups is 4. The van der Waals surface area contributed by atoms with E-state index < -0.39 is 17.5 Å². The average molecular weight is 1150 g/mol. The number of carbonyl (C=O) groups excluding carboxylic acids is 4. The summed E-state index contributed by atoms with van der Waals surface area (Å²) in [6.07, 6.45) is 6.94. The summed E-state index contributed by atoms with van der Waals surface area (Å²) in [7, 11) is 0. The van der Waals surface area contributed by atoms with Gasteiger partial charge in [-0.3, -0.25) is 23.7 Å². The van der Waals surface area contributed by atoms with Crippen LogP contribution < -0.4 is 27.4 Å². The van der Waals surface area contributed by atoms with Crippen LogP contribution in [0.15, 0.2) is 109 Å². The quantitative estimate of drug-likeness (QED) is 0.0293. The third-order valence-electron chi connectivity index (χ3n) is 15.2. The number of likely N-dealkylation sites (tertiary alicyclic amines) is 1. The molecule has 1 aliphatic heterocycles. The second-order valence-corrected chi connectivity index (χ2v) is 23.1. The molecule has 3 aromatic carbocycles. The Labute approximate surface area is 489 Å². The number of pyridine rings is 2. The predicted molar refractivity (Wildman–Crippen MR) is 321 cm³/mol. The fraction of sp³-hybridized carbons (Fsp3) is 0.429. The Morgan fingerprint density at radius 3 is 2.11 bits per heavy atom. The Kier molecular flexibility index (Phi) is 20.4. The Bertz CT molecular complexity index is 3320. The van der Waals surface area contributed by atoms with Crippen LogP contribution in [-0.2, 0) is 56.6 Å². The van der Waals surface area contributed by atoms with Gasteiger partial charge in [0.25, 0.3) is 0 Å². The summed E-state index contributed by atoms with van der Waals surface area (Å²) in [5.41, 5.74) is 24.0. The average Bonchev–Trinajstić information content (AvgIpc) is 2.63. The lowest BCUT2D eigenvalue weighted by atomic mass is 9.73. The molecule has 0 radical (unpaired) electrons. The van der Waals surface area contributed by atoms with Gasteiger partial charge in [-0.1, -0.05) is 75.4 Å². The fourth-order valence-electron chi connectivity index (χ4n) is 10.4. The monoisotopic (exact) mass is 1150 g/mol. The molecule has 2 aliphatic rings. The molecule has 4 amide bonds. The van der Waals surface area contributed by atoms with Gasteiger partial charge in [-0.2, -0.15) is 0 Å². The molecular weight excluding hydrogens is 1070 g/mol. The molecule has 5 heterocycles. The first-order chi connectivity index (χ1) is 40.1. The molecule has 438 valence electrons. The minimum atomic E-state index is -0.818. The number of fused-ring (bicyclic) bond motifs is 1. The maximum absolute atomic E-state index is 14.0. The number of aryl methyl sites for hydroxylation is 1. The van der Waals surface area contributed by atoms with E-state index >= 15 is 0 Å². The van der Waals surface area contributed by atoms with Crippen molar-refractivity contribution in [1.29, 1.82) is 0 Å². The number of anilines is 1. The zero-order chi connectivity index (χ0) is 58.3. The lowest BCUT2D eigenvalue weighted by Crippen LogP contribution is -2.57. The number of benzene rings is 3. The third kappa shape index (κ3) is 15.6. The van der Waals surface area contributed by atoms with E-state index in [2.05, 4.69) is 56.3 Å². The van der Waals surface area contributed by atoms with E-state index in [1.54, 1.807) is 22.4 Å². The molecule has 2 atom stereocenters. The van der Waals surface area contributed by atoms with E-state index in [4.69, 9.17) is 40.4 Å². The van der Waals surface area contributed by atoms with Crippen molar-refractivity contribution in [2.24, 2.45) is 11.1 Å². The van der Waals surface area contributed by atoms with Gasteiger partial charge in [-0.15, -0.1) is 11.3 Å². The van der Waals surface area contributed by atoms with E-state index in [9.17, 15) is 19.2 Å². The zero-order valence-electron chi connectivity index (χ0n) is 48.0. The van der Waals surface area contributed by atoms with E-state index in [1.165, 1.54) is 0 Å². The lowest BCUT2D eigenvalue weighted by Gasteiger charge is -2.38. The summed E-state index contributed by atoms with van der Waals surface area (Å²) in [5, 5.41) is 8.95. The van der Waals surface area contributed by atoms with Crippen LogP contribution in [0.1, 0.15) is 88.1 Å². The lowest BCUT2D eigenvalue weighted by molar-refractivity contribution is -0.144. The van der Waals surface area contributed by atoms with Crippen LogP contribution in [0, 0.1) is 12.3 Å². The topological polar surface area (TPSA) is 253 Å². The summed E-state index contributed by atoms with van der Waals surface area (Å²) in [4.78, 5) is 74.7. The highest BCUT2D eigenvalue weighted by Crippen LogP contribution is 2.40. The van der Waals surface area contributed by atoms with Crippen molar-refractivity contribution in [2.75, 3.05) is 71.7 Å². The first-order valence-electron chi connectivity index (χ1n) is 28.7. The smallest absolute Gasteiger partial charge is 0.246 e. The first kappa shape index (κ1) is 60.1. The molecule has 9 rings (SSSR count). The Hall–Kier alpha value is -7.46. The molecule has 1 saturated heterocycles. The Morgan fingerprint density at radius 2 is 1.46 bits per heavy atom. The summed E-state index contributed by atoms with van der Waals surface area (Å²) >= 11 is 1.59. The molecule has 1 aliphatic carbocycles. The van der Waals surface area contributed by atoms with Gasteiger partial charge in [0.05, 0.1) is 80.2 Å². The summed E-state index contributed by atoms with van der Waals surface area (Å²) in [6.45, 7) is 11.4. The van der Waals surface area contributed by atoms with E-state index in [-0.39, 0.29) is 61.8 Å². The van der Waals surface area contributed by atoms with E-state index in [1.807, 2.05) is 105 Å². The third-order valence-corrected chi connectivity index (χ3v) is 16.2. The van der Waals surface area contributed by atoms with Gasteiger partial charge in [0.2, 0.25) is 23.6 Å². The van der Waals surface area contributed by atoms with E-state index in [0.717, 1.165) is 74.5 Å². The zero-order valence-corrected chi connectivity index (χ0v) is 48.8. The van der Waals surface area contributed by atoms with Crippen molar-refractivity contribution < 1.29 is 38.1 Å². The number of imidazole rings is 1. The molecule has 1 saturated carbocycles. The van der Waals surface area contributed by atoms with Crippen LogP contribution in [0.25, 0.3) is 49.9 Å². The van der Waals surface area contributed by atoms with Crippen LogP contribution >= 0.6 is 11.3 Å². The molecule has 2 fully saturated rings. The minimum absolute atomic E-state index is 0.0664. The number of nitrogen functional groups attached to an aromatic ring is 1. The molecule has 20 heteroatoms. The first-order valence-corrected chi connectivity index (χ1v) is 29.6. The molecule has 0 spiro atoms. The molecule has 4 aromatic heterocycles. The number of amides is 4. The Balaban J connectivity index is 0.617. The van der Waals surface area contributed by atoms with Crippen LogP contribution in [0.3, 0.4) is 0 Å². The molecular formula is C63H77N11O8S. The van der Waals surface area contributed by atoms with Crippen molar-refractivity contribution in [2.45, 2.75) is 103 Å². The molecule has 19 nitrogen and oxygen atoms in total. The number of thiazole rings is 1. The van der Waals surface area contributed by atoms with Gasteiger partial charge in [-0.05, 0) is 116 Å². The Morgan fingerprint density at radius 1 is 0.759 bits per heavy atom. The van der Waals surface area contributed by atoms with Crippen molar-refractivity contribution in [3.8, 4) is 38.8 Å². The van der Waals surface area contributed by atoms with E-state index in [0.29, 0.717) is 94.8 Å². The van der Waals surface area contributed by atoms with Gasteiger partial charge in [-0.25, -0.2) is 19.9 Å². The highest BCUT2D eigenvalue weighted by molar-refractivity contribution is 7.13. The fourth-order valence-corrected chi connectivity index (χ4v) is 11.2. The van der Waals surface area contributed by atoms with Gasteiger partial charge >= 0.3 is 0 Å². The van der Waals surface area contributed by atoms with Crippen molar-refractivity contribution in [1.82, 2.24) is 45.4 Å². The van der Waals surface area contributed by atoms with Crippen molar-refractivity contribution >= 4 is 51.9 Å². The van der Waals surface area contributed by atoms with Crippen molar-refractivity contribution in [3.05, 3.63) is 131 Å². The SMILES string of the molecule is Cc1ncsc1-c1ccc(CNC(=O)[C@@H]2CCCN2C(=O)C(NC(=O)CCOCCOCCOCCOCCC(=O)NCCc2cccc(-c3ccc4nc(-c5cccnc5N)n(-c5ccc(C6(N)CCC6)cc5)c4n3)c2)C(C)(C)C)cc1. The highest BCUT2D eigenvalue weighted by Gasteiger charge is 2.42. The second-order valence-electron chi connectivity index (χ2n) is 22.3. The summed E-state index contributed by atoms with van der Waals surface area (Å²) in [5.74, 6) is 0.151. The number of hydrogen-bond acceptors (Lipinski definition) is 15. The number of nitrogens with zero attached hydrogens (tertiary/aromatic N) is 6. The standard InChI is InChI=1S/C63H77N11O8S/c1-42-55(83-41-69-42)45-15-13-44(14-16-45)40-68-60(77)52-12-7-30-73(52)61(78)56(62(2,3)4)72-54(76)25-32-80-34-36-82-38-37-81-35-33-79-31-24-53(75)66-29-23-43-9-5-10-46(39-43)50-21-22-51-59(70-50)74(58(71-51)49-11-6-28-67-57(49)64)48-19-17-47(18-20-48)63(65)26-8-27-63/h5-6,9-11,13-22,28,39,41,52,56H,7-8,12,23-27,29-38,40,65H2,1-4H3,(H2,64,67)(H,66,75)(H,68,77)(H,72,76)/t52-,56?/m0/s1. The molecule has 0 bridgehead atoms. The number of ether oxygens (including phenoxy) is 4. The normalized spacial score (nSPS) is 15.2. The van der Waals surface area contributed by atoms with Crippen LogP contribution in [0.5, 0.6) is 0 Å². The van der Waals surface area contributed by atoms with Crippen LogP contribution in [0.4, 0.5) is 5.82 Å². The van der Waals surface area contributed by atoms with Crippen molar-refractivity contribution in [3.63, 3.8) is 0 Å². The van der Waals surface area contributed by atoms with Gasteiger partial charge in [0.15, 0.2) is 11.5 Å². The number of hydrogen-bond donors (Lipinski definition) is 5. The molecule has 7 aromatic rings. The molecule has 1 unspecified atom stereocenters. The number of aromatic nitrogens is 5. The van der Waals surface area contributed by atoms with Crippen LogP contribution in [-0.4, -0.2) is 131 Å². The maximum Gasteiger partial charge on any atom is 0.246 e. The minimum Gasteiger partial charge on any atom is -0.383 e. The largest absolute Gasteiger partial charge is 0.383 e. The molecule has 83 heavy (non-hydrogen) atoms.